The number of carbonyl (C=O) groups excluding carboxylic acids is 1. The van der Waals surface area contributed by atoms with E-state index in [1.165, 1.54) is 11.3 Å². The van der Waals surface area contributed by atoms with Crippen LogP contribution in [0.25, 0.3) is 10.2 Å². The molecule has 1 aromatic heterocycles. The van der Waals surface area contributed by atoms with E-state index in [1.54, 1.807) is 23.7 Å². The van der Waals surface area contributed by atoms with Crippen LogP contribution in [-0.4, -0.2) is 16.0 Å². The summed E-state index contributed by atoms with van der Waals surface area (Å²) in [4.78, 5) is 16.2. The summed E-state index contributed by atoms with van der Waals surface area (Å²) >= 11 is 1.54. The SMILES string of the molecule is O=C(Cc1cccc(O)c1)Nc1ccc2ncsc2c1. The Hall–Kier alpha value is -2.40. The number of benzene rings is 2. The minimum Gasteiger partial charge on any atom is -0.508 e. The van der Waals surface area contributed by atoms with Crippen molar-refractivity contribution in [2.45, 2.75) is 6.42 Å². The Bertz CT molecular complexity index is 767. The van der Waals surface area contributed by atoms with Crippen molar-refractivity contribution in [1.82, 2.24) is 4.98 Å². The molecule has 0 radical (unpaired) electrons. The average molecular weight is 284 g/mol. The van der Waals surface area contributed by atoms with E-state index in [0.29, 0.717) is 0 Å². The van der Waals surface area contributed by atoms with Crippen LogP contribution in [0.1, 0.15) is 5.56 Å². The lowest BCUT2D eigenvalue weighted by molar-refractivity contribution is -0.115. The molecule has 5 heteroatoms. The maximum Gasteiger partial charge on any atom is 0.228 e. The molecule has 3 rings (SSSR count). The number of phenolic OH excluding ortho intramolecular Hbond substituents is 1. The Kier molecular flexibility index (Phi) is 3.35. The summed E-state index contributed by atoms with van der Waals surface area (Å²) in [5.74, 6) is 0.0563. The molecule has 0 atom stereocenters. The van der Waals surface area contributed by atoms with E-state index < -0.39 is 0 Å². The third-order valence-corrected chi connectivity index (χ3v) is 3.68. The van der Waals surface area contributed by atoms with Gasteiger partial charge in [-0.3, -0.25) is 4.79 Å². The fraction of sp³-hybridized carbons (Fsp3) is 0.0667. The monoisotopic (exact) mass is 284 g/mol. The minimum absolute atomic E-state index is 0.112. The molecule has 1 heterocycles. The van der Waals surface area contributed by atoms with Crippen LogP contribution in [0.4, 0.5) is 5.69 Å². The normalized spacial score (nSPS) is 10.6. The number of aromatic nitrogens is 1. The van der Waals surface area contributed by atoms with Gasteiger partial charge in [-0.15, -0.1) is 11.3 Å². The molecule has 2 aromatic carbocycles. The predicted octanol–water partition coefficient (Wildman–Crippen LogP) is 3.18. The molecule has 100 valence electrons. The van der Waals surface area contributed by atoms with Gasteiger partial charge in [-0.1, -0.05) is 12.1 Å². The first-order valence-corrected chi connectivity index (χ1v) is 7.00. The zero-order valence-electron chi connectivity index (χ0n) is 10.5. The fourth-order valence-corrected chi connectivity index (χ4v) is 2.71. The molecule has 0 saturated heterocycles. The first-order chi connectivity index (χ1) is 9.70. The Balaban J connectivity index is 1.72. The molecular formula is C15H12N2O2S. The third kappa shape index (κ3) is 2.78. The fourth-order valence-electron chi connectivity index (χ4n) is 1.99. The predicted molar refractivity (Wildman–Crippen MR) is 80.1 cm³/mol. The van der Waals surface area contributed by atoms with Gasteiger partial charge in [0, 0.05) is 5.69 Å². The number of rotatable bonds is 3. The Labute approximate surface area is 119 Å². The van der Waals surface area contributed by atoms with E-state index >= 15 is 0 Å². The largest absolute Gasteiger partial charge is 0.508 e. The maximum atomic E-state index is 12.0. The number of aromatic hydroxyl groups is 1. The molecule has 1 amide bonds. The van der Waals surface area contributed by atoms with Gasteiger partial charge in [0.25, 0.3) is 0 Å². The second-order valence-corrected chi connectivity index (χ2v) is 5.32. The molecule has 2 N–H and O–H groups in total. The second-order valence-electron chi connectivity index (χ2n) is 4.43. The van der Waals surface area contributed by atoms with E-state index in [9.17, 15) is 9.90 Å². The van der Waals surface area contributed by atoms with Crippen molar-refractivity contribution in [2.24, 2.45) is 0 Å². The number of carbonyl (C=O) groups is 1. The van der Waals surface area contributed by atoms with Crippen LogP contribution in [0.5, 0.6) is 5.75 Å². The van der Waals surface area contributed by atoms with Gasteiger partial charge < -0.3 is 10.4 Å². The Morgan fingerprint density at radius 1 is 1.25 bits per heavy atom. The van der Waals surface area contributed by atoms with E-state index in [4.69, 9.17) is 0 Å². The number of thiazole rings is 1. The lowest BCUT2D eigenvalue weighted by Gasteiger charge is -2.05. The van der Waals surface area contributed by atoms with Crippen molar-refractivity contribution in [3.8, 4) is 5.75 Å². The molecule has 0 spiro atoms. The van der Waals surface area contributed by atoms with Gasteiger partial charge in [-0.05, 0) is 35.9 Å². The highest BCUT2D eigenvalue weighted by atomic mass is 32.1. The smallest absolute Gasteiger partial charge is 0.228 e. The van der Waals surface area contributed by atoms with E-state index in [1.807, 2.05) is 24.3 Å². The molecule has 3 aromatic rings. The molecule has 0 saturated carbocycles. The summed E-state index contributed by atoms with van der Waals surface area (Å²) in [7, 11) is 0. The van der Waals surface area contributed by atoms with Crippen LogP contribution in [0.2, 0.25) is 0 Å². The summed E-state index contributed by atoms with van der Waals surface area (Å²) in [6.45, 7) is 0. The first-order valence-electron chi connectivity index (χ1n) is 6.12. The maximum absolute atomic E-state index is 12.0. The van der Waals surface area contributed by atoms with Crippen molar-refractivity contribution < 1.29 is 9.90 Å². The number of hydrogen-bond donors (Lipinski definition) is 2. The number of nitrogens with one attached hydrogen (secondary N) is 1. The molecule has 0 bridgehead atoms. The quantitative estimate of drug-likeness (QED) is 0.776. The highest BCUT2D eigenvalue weighted by Crippen LogP contribution is 2.22. The van der Waals surface area contributed by atoms with E-state index in [0.717, 1.165) is 21.5 Å². The number of phenols is 1. The van der Waals surface area contributed by atoms with Crippen molar-refractivity contribution in [2.75, 3.05) is 5.32 Å². The van der Waals surface area contributed by atoms with Crippen LogP contribution in [0.15, 0.2) is 48.0 Å². The van der Waals surface area contributed by atoms with Crippen molar-refractivity contribution in [1.29, 1.82) is 0 Å². The zero-order valence-corrected chi connectivity index (χ0v) is 11.4. The summed E-state index contributed by atoms with van der Waals surface area (Å²) in [6.07, 6.45) is 0.231. The van der Waals surface area contributed by atoms with E-state index in [2.05, 4.69) is 10.3 Å². The summed E-state index contributed by atoms with van der Waals surface area (Å²) < 4.78 is 1.04. The molecule has 0 unspecified atom stereocenters. The average Bonchev–Trinajstić information content (AvgIpc) is 2.86. The standard InChI is InChI=1S/C15H12N2O2S/c18-12-3-1-2-10(6-12)7-15(19)17-11-4-5-13-14(8-11)20-9-16-13/h1-6,8-9,18H,7H2,(H,17,19). The van der Waals surface area contributed by atoms with E-state index in [-0.39, 0.29) is 18.1 Å². The molecule has 20 heavy (non-hydrogen) atoms. The van der Waals surface area contributed by atoms with Crippen LogP contribution in [0.3, 0.4) is 0 Å². The van der Waals surface area contributed by atoms with Gasteiger partial charge in [-0.2, -0.15) is 0 Å². The first kappa shape index (κ1) is 12.6. The number of anilines is 1. The molecule has 0 aliphatic rings. The zero-order chi connectivity index (χ0) is 13.9. The summed E-state index contributed by atoms with van der Waals surface area (Å²) in [6, 6.07) is 12.3. The third-order valence-electron chi connectivity index (χ3n) is 2.89. The molecular weight excluding hydrogens is 272 g/mol. The second kappa shape index (κ2) is 5.30. The summed E-state index contributed by atoms with van der Waals surface area (Å²) in [5.41, 5.74) is 4.25. The lowest BCUT2D eigenvalue weighted by atomic mass is 10.1. The van der Waals surface area contributed by atoms with Gasteiger partial charge >= 0.3 is 0 Å². The van der Waals surface area contributed by atoms with Crippen LogP contribution >= 0.6 is 11.3 Å². The highest BCUT2D eigenvalue weighted by Gasteiger charge is 2.06. The van der Waals surface area contributed by atoms with Gasteiger partial charge in [0.15, 0.2) is 0 Å². The topological polar surface area (TPSA) is 62.2 Å². The Morgan fingerprint density at radius 2 is 2.15 bits per heavy atom. The van der Waals surface area contributed by atoms with Crippen molar-refractivity contribution in [3.05, 3.63) is 53.5 Å². The van der Waals surface area contributed by atoms with Gasteiger partial charge in [0.2, 0.25) is 5.91 Å². The number of amides is 1. The Morgan fingerprint density at radius 3 is 3.00 bits per heavy atom. The van der Waals surface area contributed by atoms with Crippen LogP contribution in [-0.2, 0) is 11.2 Å². The molecule has 0 aliphatic heterocycles. The molecule has 4 nitrogen and oxygen atoms in total. The number of fused-ring (bicyclic) bond motifs is 1. The van der Waals surface area contributed by atoms with Crippen LogP contribution < -0.4 is 5.32 Å². The number of nitrogens with zero attached hydrogens (tertiary/aromatic N) is 1. The van der Waals surface area contributed by atoms with Crippen molar-refractivity contribution in [3.63, 3.8) is 0 Å². The highest BCUT2D eigenvalue weighted by molar-refractivity contribution is 7.16. The lowest BCUT2D eigenvalue weighted by Crippen LogP contribution is -2.14. The number of hydrogen-bond acceptors (Lipinski definition) is 4. The van der Waals surface area contributed by atoms with Gasteiger partial charge in [0.1, 0.15) is 5.75 Å². The van der Waals surface area contributed by atoms with Crippen LogP contribution in [0, 0.1) is 0 Å². The minimum atomic E-state index is -0.112. The van der Waals surface area contributed by atoms with Gasteiger partial charge in [-0.25, -0.2) is 4.98 Å². The van der Waals surface area contributed by atoms with Gasteiger partial charge in [0.05, 0.1) is 22.1 Å². The summed E-state index contributed by atoms with van der Waals surface area (Å²) in [5, 5.41) is 12.2. The molecule has 0 fully saturated rings. The van der Waals surface area contributed by atoms with Crippen molar-refractivity contribution >= 4 is 33.1 Å². The molecule has 0 aliphatic carbocycles.